The zero-order chi connectivity index (χ0) is 20.6. The Kier molecular flexibility index (Phi) is 6.91. The first-order valence-corrected chi connectivity index (χ1v) is 9.43. The van der Waals surface area contributed by atoms with Crippen LogP contribution in [0.25, 0.3) is 0 Å². The first kappa shape index (κ1) is 20.5. The third-order valence-electron chi connectivity index (χ3n) is 4.85. The Morgan fingerprint density at radius 2 is 1.86 bits per heavy atom. The summed E-state index contributed by atoms with van der Waals surface area (Å²) in [4.78, 5) is 15.1. The summed E-state index contributed by atoms with van der Waals surface area (Å²) >= 11 is 0. The molecule has 2 unspecified atom stereocenters. The fourth-order valence-corrected chi connectivity index (χ4v) is 3.19. The van der Waals surface area contributed by atoms with Crippen LogP contribution in [-0.2, 0) is 11.2 Å². The molecule has 1 N–H and O–H groups in total. The Balaban J connectivity index is 1.72. The minimum Gasteiger partial charge on any atom is -0.497 e. The van der Waals surface area contributed by atoms with Crippen LogP contribution in [0.1, 0.15) is 23.2 Å². The second kappa shape index (κ2) is 9.79. The summed E-state index contributed by atoms with van der Waals surface area (Å²) in [6.45, 7) is 0.464. The third-order valence-corrected chi connectivity index (χ3v) is 4.85. The zero-order valence-electron chi connectivity index (χ0n) is 16.9. The summed E-state index contributed by atoms with van der Waals surface area (Å²) in [5.74, 6) is 0.679. The highest BCUT2D eigenvalue weighted by molar-refractivity contribution is 5.80. The number of nitrogens with one attached hydrogen (secondary N) is 1. The Labute approximate surface area is 170 Å². The SMILES string of the molecule is COc1ccc(C(CNC(=O)C(Cc2ccccc2)n2cnnn2)N(C)C)cc1. The van der Waals surface area contributed by atoms with Crippen molar-refractivity contribution < 1.29 is 9.53 Å². The molecule has 1 aromatic heterocycles. The van der Waals surface area contributed by atoms with Gasteiger partial charge in [0.1, 0.15) is 18.1 Å². The molecular formula is C21H26N6O2. The van der Waals surface area contributed by atoms with Gasteiger partial charge in [-0.2, -0.15) is 0 Å². The van der Waals surface area contributed by atoms with Crippen LogP contribution in [0.5, 0.6) is 5.75 Å². The molecular weight excluding hydrogens is 368 g/mol. The summed E-state index contributed by atoms with van der Waals surface area (Å²) < 4.78 is 6.73. The molecule has 0 spiro atoms. The Morgan fingerprint density at radius 3 is 2.45 bits per heavy atom. The van der Waals surface area contributed by atoms with Crippen LogP contribution in [0.15, 0.2) is 60.9 Å². The third kappa shape index (κ3) is 5.39. The van der Waals surface area contributed by atoms with Gasteiger partial charge in [-0.25, -0.2) is 4.68 Å². The van der Waals surface area contributed by atoms with Crippen molar-refractivity contribution in [1.29, 1.82) is 0 Å². The van der Waals surface area contributed by atoms with Gasteiger partial charge in [-0.05, 0) is 47.8 Å². The molecule has 3 rings (SSSR count). The fourth-order valence-electron chi connectivity index (χ4n) is 3.19. The molecule has 0 saturated carbocycles. The van der Waals surface area contributed by atoms with Crippen molar-refractivity contribution in [3.63, 3.8) is 0 Å². The lowest BCUT2D eigenvalue weighted by Crippen LogP contribution is -2.39. The minimum absolute atomic E-state index is 0.0242. The minimum atomic E-state index is -0.522. The van der Waals surface area contributed by atoms with Gasteiger partial charge >= 0.3 is 0 Å². The lowest BCUT2D eigenvalue weighted by Gasteiger charge is -2.26. The molecule has 2 atom stereocenters. The second-order valence-electron chi connectivity index (χ2n) is 6.99. The van der Waals surface area contributed by atoms with Crippen LogP contribution in [0.3, 0.4) is 0 Å². The number of carbonyl (C=O) groups excluding carboxylic acids is 1. The van der Waals surface area contributed by atoms with Crippen molar-refractivity contribution in [3.8, 4) is 5.75 Å². The predicted octanol–water partition coefficient (Wildman–Crippen LogP) is 1.88. The zero-order valence-corrected chi connectivity index (χ0v) is 16.9. The topological polar surface area (TPSA) is 85.2 Å². The van der Waals surface area contributed by atoms with E-state index in [2.05, 4.69) is 25.7 Å². The summed E-state index contributed by atoms with van der Waals surface area (Å²) in [6.07, 6.45) is 1.98. The molecule has 2 aromatic carbocycles. The van der Waals surface area contributed by atoms with Gasteiger partial charge in [0.25, 0.3) is 0 Å². The molecule has 29 heavy (non-hydrogen) atoms. The second-order valence-corrected chi connectivity index (χ2v) is 6.99. The van der Waals surface area contributed by atoms with Crippen LogP contribution in [0, 0.1) is 0 Å². The van der Waals surface area contributed by atoms with Crippen molar-refractivity contribution in [1.82, 2.24) is 30.4 Å². The van der Waals surface area contributed by atoms with E-state index >= 15 is 0 Å². The molecule has 0 bridgehead atoms. The molecule has 0 fully saturated rings. The maximum absolute atomic E-state index is 13.0. The molecule has 0 radical (unpaired) electrons. The number of hydrogen-bond acceptors (Lipinski definition) is 6. The number of methoxy groups -OCH3 is 1. The van der Waals surface area contributed by atoms with Gasteiger partial charge in [0, 0.05) is 13.0 Å². The van der Waals surface area contributed by atoms with Crippen LogP contribution in [-0.4, -0.2) is 58.8 Å². The number of benzene rings is 2. The molecule has 1 amide bonds. The van der Waals surface area contributed by atoms with Crippen LogP contribution >= 0.6 is 0 Å². The van der Waals surface area contributed by atoms with E-state index in [1.807, 2.05) is 68.7 Å². The Morgan fingerprint density at radius 1 is 1.14 bits per heavy atom. The van der Waals surface area contributed by atoms with Crippen molar-refractivity contribution in [3.05, 3.63) is 72.1 Å². The van der Waals surface area contributed by atoms with E-state index in [4.69, 9.17) is 4.74 Å². The van der Waals surface area contributed by atoms with E-state index in [1.165, 1.54) is 11.0 Å². The lowest BCUT2D eigenvalue weighted by molar-refractivity contribution is -0.124. The van der Waals surface area contributed by atoms with Crippen LogP contribution < -0.4 is 10.1 Å². The Bertz CT molecular complexity index is 881. The molecule has 0 aliphatic heterocycles. The number of likely N-dealkylation sites (N-methyl/N-ethyl adjacent to an activating group) is 1. The smallest absolute Gasteiger partial charge is 0.245 e. The Hall–Kier alpha value is -3.26. The number of rotatable bonds is 9. The van der Waals surface area contributed by atoms with E-state index in [1.54, 1.807) is 7.11 Å². The average molecular weight is 394 g/mol. The van der Waals surface area contributed by atoms with Gasteiger partial charge in [-0.1, -0.05) is 42.5 Å². The van der Waals surface area contributed by atoms with Crippen molar-refractivity contribution in [2.75, 3.05) is 27.7 Å². The van der Waals surface area contributed by atoms with Crippen molar-refractivity contribution >= 4 is 5.91 Å². The summed E-state index contributed by atoms with van der Waals surface area (Å²) in [5, 5.41) is 14.4. The number of hydrogen-bond donors (Lipinski definition) is 1. The van der Waals surface area contributed by atoms with Gasteiger partial charge in [0.05, 0.1) is 13.2 Å². The monoisotopic (exact) mass is 394 g/mol. The molecule has 0 aliphatic carbocycles. The van der Waals surface area contributed by atoms with Crippen molar-refractivity contribution in [2.45, 2.75) is 18.5 Å². The number of aromatic nitrogens is 4. The summed E-state index contributed by atoms with van der Waals surface area (Å²) in [5.41, 5.74) is 2.14. The highest BCUT2D eigenvalue weighted by atomic mass is 16.5. The highest BCUT2D eigenvalue weighted by Crippen LogP contribution is 2.21. The number of carbonyl (C=O) groups is 1. The summed E-state index contributed by atoms with van der Waals surface area (Å²) in [6, 6.07) is 17.2. The van der Waals surface area contributed by atoms with Gasteiger partial charge in [0.2, 0.25) is 5.91 Å². The van der Waals surface area contributed by atoms with E-state index in [-0.39, 0.29) is 11.9 Å². The van der Waals surface area contributed by atoms with Crippen molar-refractivity contribution in [2.24, 2.45) is 0 Å². The quantitative estimate of drug-likeness (QED) is 0.597. The maximum Gasteiger partial charge on any atom is 0.245 e. The summed E-state index contributed by atoms with van der Waals surface area (Å²) in [7, 11) is 5.62. The number of nitrogens with zero attached hydrogens (tertiary/aromatic N) is 5. The highest BCUT2D eigenvalue weighted by Gasteiger charge is 2.24. The first-order chi connectivity index (χ1) is 14.1. The molecule has 1 heterocycles. The van der Waals surface area contributed by atoms with Crippen LogP contribution in [0.2, 0.25) is 0 Å². The normalized spacial score (nSPS) is 13.1. The number of ether oxygens (including phenoxy) is 1. The molecule has 3 aromatic rings. The maximum atomic E-state index is 13.0. The average Bonchev–Trinajstić information content (AvgIpc) is 3.27. The van der Waals surface area contributed by atoms with E-state index in [0.29, 0.717) is 13.0 Å². The van der Waals surface area contributed by atoms with E-state index < -0.39 is 6.04 Å². The first-order valence-electron chi connectivity index (χ1n) is 9.43. The predicted molar refractivity (Wildman–Crippen MR) is 109 cm³/mol. The standard InChI is InChI=1S/C21H26N6O2/c1-26(2)20(17-9-11-18(29-3)12-10-17)14-22-21(28)19(27-15-23-24-25-27)13-16-7-5-4-6-8-16/h4-12,15,19-20H,13-14H2,1-3H3,(H,22,28). The van der Waals surface area contributed by atoms with Crippen LogP contribution in [0.4, 0.5) is 0 Å². The van der Waals surface area contributed by atoms with Gasteiger partial charge in [-0.3, -0.25) is 4.79 Å². The van der Waals surface area contributed by atoms with E-state index in [9.17, 15) is 4.79 Å². The van der Waals surface area contributed by atoms with Gasteiger partial charge < -0.3 is 15.0 Å². The number of amides is 1. The molecule has 8 heteroatoms. The number of tetrazole rings is 1. The molecule has 8 nitrogen and oxygen atoms in total. The van der Waals surface area contributed by atoms with E-state index in [0.717, 1.165) is 16.9 Å². The van der Waals surface area contributed by atoms with Gasteiger partial charge in [-0.15, -0.1) is 5.10 Å². The fraction of sp³-hybridized carbons (Fsp3) is 0.333. The lowest BCUT2D eigenvalue weighted by atomic mass is 10.0. The largest absolute Gasteiger partial charge is 0.497 e. The molecule has 0 aliphatic rings. The van der Waals surface area contributed by atoms with Gasteiger partial charge in [0.15, 0.2) is 0 Å². The molecule has 0 saturated heterocycles. The molecule has 152 valence electrons.